The predicted molar refractivity (Wildman–Crippen MR) is 45.5 cm³/mol. The molecule has 1 aliphatic heterocycles. The number of hydrogen-bond donors (Lipinski definition) is 1. The van der Waals surface area contributed by atoms with Gasteiger partial charge in [0.1, 0.15) is 0 Å². The molecule has 0 aliphatic carbocycles. The summed E-state index contributed by atoms with van der Waals surface area (Å²) in [6.07, 6.45) is 4.22. The van der Waals surface area contributed by atoms with Crippen molar-refractivity contribution in [2.24, 2.45) is 5.41 Å². The van der Waals surface area contributed by atoms with Gasteiger partial charge in [0.15, 0.2) is 0 Å². The first kappa shape index (κ1) is 8.75. The molecule has 2 nitrogen and oxygen atoms in total. The van der Waals surface area contributed by atoms with Crippen molar-refractivity contribution in [1.82, 2.24) is 5.06 Å². The fraction of sp³-hybridized carbons (Fsp3) is 0.778. The van der Waals surface area contributed by atoms with Gasteiger partial charge in [-0.25, -0.2) is 0 Å². The normalized spacial score (nSPS) is 28.8. The third-order valence-corrected chi connectivity index (χ3v) is 2.16. The maximum absolute atomic E-state index is 9.55. The van der Waals surface area contributed by atoms with E-state index < -0.39 is 0 Å². The molecule has 11 heavy (non-hydrogen) atoms. The molecule has 1 heterocycles. The van der Waals surface area contributed by atoms with Gasteiger partial charge >= 0.3 is 0 Å². The number of rotatable bonds is 0. The van der Waals surface area contributed by atoms with E-state index in [0.29, 0.717) is 6.54 Å². The van der Waals surface area contributed by atoms with Crippen molar-refractivity contribution in [3.05, 3.63) is 12.2 Å². The zero-order valence-electron chi connectivity index (χ0n) is 7.76. The van der Waals surface area contributed by atoms with Crippen LogP contribution in [0.5, 0.6) is 0 Å². The van der Waals surface area contributed by atoms with Crippen molar-refractivity contribution in [1.29, 1.82) is 0 Å². The van der Waals surface area contributed by atoms with Crippen molar-refractivity contribution >= 4 is 0 Å². The van der Waals surface area contributed by atoms with Gasteiger partial charge in [-0.3, -0.25) is 0 Å². The molecule has 1 aliphatic rings. The number of hydroxylamine groups is 2. The lowest BCUT2D eigenvalue weighted by Crippen LogP contribution is -2.47. The van der Waals surface area contributed by atoms with Crippen molar-refractivity contribution in [2.45, 2.75) is 33.2 Å². The van der Waals surface area contributed by atoms with Crippen molar-refractivity contribution in [2.75, 3.05) is 6.54 Å². The molecule has 0 radical (unpaired) electrons. The van der Waals surface area contributed by atoms with E-state index >= 15 is 0 Å². The zero-order chi connectivity index (χ0) is 8.70. The third-order valence-electron chi connectivity index (χ3n) is 2.16. The minimum atomic E-state index is -0.199. The second-order valence-corrected chi connectivity index (χ2v) is 4.53. The minimum absolute atomic E-state index is 0.101. The second kappa shape index (κ2) is 2.32. The van der Waals surface area contributed by atoms with Crippen molar-refractivity contribution in [3.8, 4) is 0 Å². The van der Waals surface area contributed by atoms with E-state index in [4.69, 9.17) is 0 Å². The van der Waals surface area contributed by atoms with Gasteiger partial charge in [-0.15, -0.1) is 0 Å². The average molecular weight is 155 g/mol. The van der Waals surface area contributed by atoms with E-state index in [1.54, 1.807) is 0 Å². The third kappa shape index (κ3) is 1.82. The van der Waals surface area contributed by atoms with Gasteiger partial charge in [-0.05, 0) is 19.3 Å². The maximum atomic E-state index is 9.55. The molecule has 0 bridgehead atoms. The van der Waals surface area contributed by atoms with Gasteiger partial charge < -0.3 is 5.21 Å². The summed E-state index contributed by atoms with van der Waals surface area (Å²) < 4.78 is 0. The highest BCUT2D eigenvalue weighted by atomic mass is 16.5. The van der Waals surface area contributed by atoms with Crippen LogP contribution in [0.15, 0.2) is 12.2 Å². The Kier molecular flexibility index (Phi) is 1.85. The molecule has 1 N–H and O–H groups in total. The summed E-state index contributed by atoms with van der Waals surface area (Å²) in [5, 5.41) is 11.0. The molecule has 0 saturated heterocycles. The van der Waals surface area contributed by atoms with E-state index in [0.717, 1.165) is 0 Å². The molecule has 0 saturated carbocycles. The lowest BCUT2D eigenvalue weighted by atomic mass is 9.85. The van der Waals surface area contributed by atoms with Gasteiger partial charge in [0.2, 0.25) is 0 Å². The van der Waals surface area contributed by atoms with E-state index in [1.165, 1.54) is 5.06 Å². The van der Waals surface area contributed by atoms with E-state index in [1.807, 2.05) is 13.8 Å². The molecule has 1 rings (SSSR count). The van der Waals surface area contributed by atoms with Crippen LogP contribution in [0, 0.1) is 5.41 Å². The highest BCUT2D eigenvalue weighted by Crippen LogP contribution is 2.29. The molecule has 0 amide bonds. The van der Waals surface area contributed by atoms with E-state index in [-0.39, 0.29) is 11.0 Å². The fourth-order valence-corrected chi connectivity index (χ4v) is 1.16. The van der Waals surface area contributed by atoms with E-state index in [2.05, 4.69) is 26.0 Å². The molecular formula is C9H17NO. The summed E-state index contributed by atoms with van der Waals surface area (Å²) in [5.41, 5.74) is -0.0974. The van der Waals surface area contributed by atoms with Crippen LogP contribution in [0.2, 0.25) is 0 Å². The van der Waals surface area contributed by atoms with Crippen LogP contribution >= 0.6 is 0 Å². The first-order valence-corrected chi connectivity index (χ1v) is 4.00. The summed E-state index contributed by atoms with van der Waals surface area (Å²) in [7, 11) is 0. The molecule has 0 fully saturated rings. The Hall–Kier alpha value is -0.340. The Morgan fingerprint density at radius 2 is 1.73 bits per heavy atom. The first-order valence-electron chi connectivity index (χ1n) is 4.00. The maximum Gasteiger partial charge on any atom is 0.0584 e. The van der Waals surface area contributed by atoms with Crippen LogP contribution in [-0.4, -0.2) is 22.4 Å². The quantitative estimate of drug-likeness (QED) is 0.541. The van der Waals surface area contributed by atoms with Crippen LogP contribution in [0.4, 0.5) is 0 Å². The molecule has 0 aromatic rings. The SMILES string of the molecule is CC1(C)C=CC(C)(C)N(O)C1. The standard InChI is InChI=1S/C9H17NO/c1-8(2)5-6-9(3,4)10(11)7-8/h5-6,11H,7H2,1-4H3. The summed E-state index contributed by atoms with van der Waals surface area (Å²) in [5.74, 6) is 0. The van der Waals surface area contributed by atoms with Crippen LogP contribution in [-0.2, 0) is 0 Å². The highest BCUT2D eigenvalue weighted by Gasteiger charge is 2.32. The van der Waals surface area contributed by atoms with E-state index in [9.17, 15) is 5.21 Å². The van der Waals surface area contributed by atoms with Gasteiger partial charge in [-0.1, -0.05) is 26.0 Å². The number of nitrogens with zero attached hydrogens (tertiary/aromatic N) is 1. The fourth-order valence-electron chi connectivity index (χ4n) is 1.16. The summed E-state index contributed by atoms with van der Waals surface area (Å²) >= 11 is 0. The molecule has 0 atom stereocenters. The summed E-state index contributed by atoms with van der Waals surface area (Å²) in [6, 6.07) is 0. The number of hydrogen-bond acceptors (Lipinski definition) is 2. The van der Waals surface area contributed by atoms with Gasteiger partial charge in [0, 0.05) is 6.54 Å². The molecule has 0 aromatic heterocycles. The Morgan fingerprint density at radius 1 is 1.18 bits per heavy atom. The lowest BCUT2D eigenvalue weighted by Gasteiger charge is -2.40. The van der Waals surface area contributed by atoms with Gasteiger partial charge in [-0.2, -0.15) is 5.06 Å². The highest BCUT2D eigenvalue weighted by molar-refractivity contribution is 5.11. The molecule has 64 valence electrons. The van der Waals surface area contributed by atoms with Crippen molar-refractivity contribution < 1.29 is 5.21 Å². The van der Waals surface area contributed by atoms with Gasteiger partial charge in [0.25, 0.3) is 0 Å². The lowest BCUT2D eigenvalue weighted by molar-refractivity contribution is -0.164. The van der Waals surface area contributed by atoms with Crippen LogP contribution < -0.4 is 0 Å². The largest absolute Gasteiger partial charge is 0.313 e. The molecule has 0 aromatic carbocycles. The first-order chi connectivity index (χ1) is 4.83. The molecule has 2 heteroatoms. The smallest absolute Gasteiger partial charge is 0.0584 e. The topological polar surface area (TPSA) is 23.5 Å². The molecule has 0 unspecified atom stereocenters. The molecular weight excluding hydrogens is 138 g/mol. The van der Waals surface area contributed by atoms with Gasteiger partial charge in [0.05, 0.1) is 5.54 Å². The van der Waals surface area contributed by atoms with Crippen LogP contribution in [0.1, 0.15) is 27.7 Å². The van der Waals surface area contributed by atoms with Crippen LogP contribution in [0.25, 0.3) is 0 Å². The predicted octanol–water partition coefficient (Wildman–Crippen LogP) is 2.05. The average Bonchev–Trinajstić information content (AvgIpc) is 1.81. The Labute approximate surface area is 68.5 Å². The second-order valence-electron chi connectivity index (χ2n) is 4.53. The van der Waals surface area contributed by atoms with Crippen LogP contribution in [0.3, 0.4) is 0 Å². The minimum Gasteiger partial charge on any atom is -0.313 e. The summed E-state index contributed by atoms with van der Waals surface area (Å²) in [4.78, 5) is 0. The summed E-state index contributed by atoms with van der Waals surface area (Å²) in [6.45, 7) is 8.93. The Bertz CT molecular complexity index is 182. The monoisotopic (exact) mass is 155 g/mol. The zero-order valence-corrected chi connectivity index (χ0v) is 7.76. The van der Waals surface area contributed by atoms with Crippen molar-refractivity contribution in [3.63, 3.8) is 0 Å². The Balaban J connectivity index is 2.84. The Morgan fingerprint density at radius 3 is 2.09 bits per heavy atom. The molecule has 0 spiro atoms.